The van der Waals surface area contributed by atoms with Gasteiger partial charge in [-0.25, -0.2) is 0 Å². The molecule has 0 aliphatic heterocycles. The first-order chi connectivity index (χ1) is 12.5. The highest BCUT2D eigenvalue weighted by Crippen LogP contribution is 2.17. The third-order valence-corrected chi connectivity index (χ3v) is 3.84. The summed E-state index contributed by atoms with van der Waals surface area (Å²) in [5, 5.41) is 17.8. The summed E-state index contributed by atoms with van der Waals surface area (Å²) in [6.45, 7) is 0.298. The molecule has 1 aromatic carbocycles. The Hall–Kier alpha value is -3.55. The van der Waals surface area contributed by atoms with E-state index in [1.54, 1.807) is 23.0 Å². The normalized spacial score (nSPS) is 10.5. The van der Waals surface area contributed by atoms with Gasteiger partial charge in [-0.2, -0.15) is 5.10 Å². The molecule has 0 spiro atoms. The zero-order chi connectivity index (χ0) is 18.5. The van der Waals surface area contributed by atoms with Crippen LogP contribution in [0.25, 0.3) is 11.4 Å². The van der Waals surface area contributed by atoms with Crippen LogP contribution in [-0.2, 0) is 24.8 Å². The number of hydrogen-bond donors (Lipinski definition) is 1. The number of non-ortho nitro benzene ring substituents is 1. The van der Waals surface area contributed by atoms with Crippen molar-refractivity contribution >= 4 is 11.6 Å². The molecule has 2 heterocycles. The summed E-state index contributed by atoms with van der Waals surface area (Å²) in [6, 6.07) is 13.5. The highest BCUT2D eigenvalue weighted by atomic mass is 16.6. The van der Waals surface area contributed by atoms with Crippen molar-refractivity contribution in [3.63, 3.8) is 0 Å². The topological polar surface area (TPSA) is 103 Å². The van der Waals surface area contributed by atoms with Crippen LogP contribution in [0.15, 0.2) is 54.7 Å². The Morgan fingerprint density at radius 3 is 2.65 bits per heavy atom. The Kier molecular flexibility index (Phi) is 5.02. The van der Waals surface area contributed by atoms with Crippen LogP contribution in [0.2, 0.25) is 0 Å². The molecule has 0 saturated carbocycles. The number of nitro benzene ring substituents is 1. The Morgan fingerprint density at radius 2 is 2.00 bits per heavy atom. The molecule has 26 heavy (non-hydrogen) atoms. The Morgan fingerprint density at radius 1 is 1.23 bits per heavy atom. The predicted molar refractivity (Wildman–Crippen MR) is 95.1 cm³/mol. The first-order valence-electron chi connectivity index (χ1n) is 7.97. The van der Waals surface area contributed by atoms with E-state index in [4.69, 9.17) is 0 Å². The maximum absolute atomic E-state index is 12.1. The molecule has 8 heteroatoms. The van der Waals surface area contributed by atoms with Gasteiger partial charge in [0.25, 0.3) is 5.69 Å². The fourth-order valence-electron chi connectivity index (χ4n) is 2.54. The van der Waals surface area contributed by atoms with Gasteiger partial charge < -0.3 is 5.32 Å². The standard InChI is InChI=1S/C18H17N5O3/c1-22-17(16-4-2-3-9-19-16)11-14(21-22)12-20-18(24)10-13-5-7-15(8-6-13)23(25)26/h2-9,11H,10,12H2,1H3,(H,20,24). The number of hydrogen-bond acceptors (Lipinski definition) is 5. The lowest BCUT2D eigenvalue weighted by molar-refractivity contribution is -0.384. The van der Waals surface area contributed by atoms with Crippen molar-refractivity contribution in [3.8, 4) is 11.4 Å². The number of carbonyl (C=O) groups excluding carboxylic acids is 1. The SMILES string of the molecule is Cn1nc(CNC(=O)Cc2ccc([N+](=O)[O-])cc2)cc1-c1ccccn1. The minimum Gasteiger partial charge on any atom is -0.350 e. The molecule has 3 aromatic rings. The first-order valence-corrected chi connectivity index (χ1v) is 7.97. The second kappa shape index (κ2) is 7.56. The van der Waals surface area contributed by atoms with Crippen molar-refractivity contribution in [2.75, 3.05) is 0 Å². The quantitative estimate of drug-likeness (QED) is 0.542. The van der Waals surface area contributed by atoms with Crippen LogP contribution in [0.4, 0.5) is 5.69 Å². The number of amides is 1. The Bertz CT molecular complexity index is 920. The molecule has 1 N–H and O–H groups in total. The monoisotopic (exact) mass is 351 g/mol. The van der Waals surface area contributed by atoms with Crippen molar-refractivity contribution in [3.05, 3.63) is 76.1 Å². The number of pyridine rings is 1. The summed E-state index contributed by atoms with van der Waals surface area (Å²) in [5.41, 5.74) is 3.12. The minimum atomic E-state index is -0.468. The molecule has 0 aliphatic rings. The van der Waals surface area contributed by atoms with E-state index in [-0.39, 0.29) is 18.0 Å². The molecule has 0 aliphatic carbocycles. The molecular formula is C18H17N5O3. The summed E-state index contributed by atoms with van der Waals surface area (Å²) < 4.78 is 1.72. The first kappa shape index (κ1) is 17.3. The highest BCUT2D eigenvalue weighted by Gasteiger charge is 2.10. The van der Waals surface area contributed by atoms with Crippen LogP contribution >= 0.6 is 0 Å². The number of rotatable bonds is 6. The predicted octanol–water partition coefficient (Wildman–Crippen LogP) is 2.25. The lowest BCUT2D eigenvalue weighted by Crippen LogP contribution is -2.24. The zero-order valence-corrected chi connectivity index (χ0v) is 14.1. The number of aromatic nitrogens is 3. The molecule has 1 amide bonds. The van der Waals surface area contributed by atoms with Crippen LogP contribution < -0.4 is 5.32 Å². The smallest absolute Gasteiger partial charge is 0.269 e. The second-order valence-corrected chi connectivity index (χ2v) is 5.74. The zero-order valence-electron chi connectivity index (χ0n) is 14.1. The van der Waals surface area contributed by atoms with Crippen molar-refractivity contribution in [2.24, 2.45) is 7.05 Å². The van der Waals surface area contributed by atoms with Crippen LogP contribution in [0.5, 0.6) is 0 Å². The van der Waals surface area contributed by atoms with Crippen molar-refractivity contribution < 1.29 is 9.72 Å². The molecule has 0 unspecified atom stereocenters. The summed E-state index contributed by atoms with van der Waals surface area (Å²) in [6.07, 6.45) is 1.87. The average Bonchev–Trinajstić information content (AvgIpc) is 3.02. The number of carbonyl (C=O) groups is 1. The van der Waals surface area contributed by atoms with Crippen molar-refractivity contribution in [1.29, 1.82) is 0 Å². The number of nitrogens with zero attached hydrogens (tertiary/aromatic N) is 4. The number of benzene rings is 1. The van der Waals surface area contributed by atoms with E-state index in [1.165, 1.54) is 12.1 Å². The van der Waals surface area contributed by atoms with E-state index in [2.05, 4.69) is 15.4 Å². The van der Waals surface area contributed by atoms with Gasteiger partial charge in [0.05, 0.1) is 35.0 Å². The molecule has 0 atom stereocenters. The van der Waals surface area contributed by atoms with E-state index < -0.39 is 4.92 Å². The molecule has 0 radical (unpaired) electrons. The summed E-state index contributed by atoms with van der Waals surface area (Å²) in [4.78, 5) is 26.5. The van der Waals surface area contributed by atoms with Gasteiger partial charge in [-0.05, 0) is 23.8 Å². The number of aryl methyl sites for hydroxylation is 1. The van der Waals surface area contributed by atoms with E-state index in [0.29, 0.717) is 12.1 Å². The maximum atomic E-state index is 12.1. The fourth-order valence-corrected chi connectivity index (χ4v) is 2.54. The van der Waals surface area contributed by atoms with Crippen LogP contribution in [0.1, 0.15) is 11.3 Å². The lowest BCUT2D eigenvalue weighted by Gasteiger charge is -2.03. The van der Waals surface area contributed by atoms with Gasteiger partial charge in [-0.1, -0.05) is 18.2 Å². The lowest BCUT2D eigenvalue weighted by atomic mass is 10.1. The Balaban J connectivity index is 1.59. The van der Waals surface area contributed by atoms with Crippen molar-refractivity contribution in [2.45, 2.75) is 13.0 Å². The van der Waals surface area contributed by atoms with Gasteiger partial charge in [0, 0.05) is 25.4 Å². The summed E-state index contributed by atoms with van der Waals surface area (Å²) >= 11 is 0. The second-order valence-electron chi connectivity index (χ2n) is 5.74. The van der Waals surface area contributed by atoms with Crippen LogP contribution in [-0.4, -0.2) is 25.6 Å². The number of nitro groups is 1. The van der Waals surface area contributed by atoms with E-state index in [1.807, 2.05) is 31.3 Å². The van der Waals surface area contributed by atoms with Crippen LogP contribution in [0.3, 0.4) is 0 Å². The molecule has 132 valence electrons. The molecule has 8 nitrogen and oxygen atoms in total. The summed E-state index contributed by atoms with van der Waals surface area (Å²) in [5.74, 6) is -0.177. The van der Waals surface area contributed by atoms with Gasteiger partial charge in [0.1, 0.15) is 0 Å². The third kappa shape index (κ3) is 4.10. The summed E-state index contributed by atoms with van der Waals surface area (Å²) in [7, 11) is 1.83. The molecular weight excluding hydrogens is 334 g/mol. The maximum Gasteiger partial charge on any atom is 0.269 e. The van der Waals surface area contributed by atoms with Crippen LogP contribution in [0, 0.1) is 10.1 Å². The highest BCUT2D eigenvalue weighted by molar-refractivity contribution is 5.78. The fraction of sp³-hybridized carbons (Fsp3) is 0.167. The average molecular weight is 351 g/mol. The largest absolute Gasteiger partial charge is 0.350 e. The van der Waals surface area contributed by atoms with Crippen molar-refractivity contribution in [1.82, 2.24) is 20.1 Å². The molecule has 3 rings (SSSR count). The molecule has 0 fully saturated rings. The third-order valence-electron chi connectivity index (χ3n) is 3.84. The molecule has 2 aromatic heterocycles. The van der Waals surface area contributed by atoms with Gasteiger partial charge >= 0.3 is 0 Å². The van der Waals surface area contributed by atoms with E-state index in [9.17, 15) is 14.9 Å². The molecule has 0 saturated heterocycles. The van der Waals surface area contributed by atoms with Gasteiger partial charge in [-0.15, -0.1) is 0 Å². The minimum absolute atomic E-state index is 0.00435. The van der Waals surface area contributed by atoms with E-state index >= 15 is 0 Å². The van der Waals surface area contributed by atoms with E-state index in [0.717, 1.165) is 17.1 Å². The van der Waals surface area contributed by atoms with Gasteiger partial charge in [0.2, 0.25) is 5.91 Å². The van der Waals surface area contributed by atoms with Gasteiger partial charge in [0.15, 0.2) is 0 Å². The Labute approximate surface area is 149 Å². The number of nitrogens with one attached hydrogen (secondary N) is 1. The van der Waals surface area contributed by atoms with Gasteiger partial charge in [-0.3, -0.25) is 24.6 Å². The molecule has 0 bridgehead atoms.